The maximum Gasteiger partial charge on any atom is 0.317 e. The average molecular weight is 368 g/mol. The quantitative estimate of drug-likeness (QED) is 0.547. The van der Waals surface area contributed by atoms with Crippen molar-refractivity contribution in [1.82, 2.24) is 0 Å². The highest BCUT2D eigenvalue weighted by Crippen LogP contribution is 2.42. The first-order valence-corrected chi connectivity index (χ1v) is 9.09. The lowest BCUT2D eigenvalue weighted by Crippen LogP contribution is -2.35. The summed E-state index contributed by atoms with van der Waals surface area (Å²) >= 11 is 0. The zero-order chi connectivity index (χ0) is 19.3. The molecule has 2 aromatic carbocycles. The van der Waals surface area contributed by atoms with Crippen molar-refractivity contribution in [2.75, 3.05) is 20.8 Å². The second-order valence-corrected chi connectivity index (χ2v) is 6.72. The molecule has 0 atom stereocenters. The highest BCUT2D eigenvalue weighted by atomic mass is 16.5. The van der Waals surface area contributed by atoms with Crippen molar-refractivity contribution in [3.05, 3.63) is 59.7 Å². The van der Waals surface area contributed by atoms with Crippen molar-refractivity contribution >= 4 is 11.8 Å². The Hall–Kier alpha value is -2.82. The summed E-state index contributed by atoms with van der Waals surface area (Å²) < 4.78 is 15.9. The van der Waals surface area contributed by atoms with Gasteiger partial charge < -0.3 is 14.2 Å². The van der Waals surface area contributed by atoms with Crippen molar-refractivity contribution in [2.45, 2.75) is 31.1 Å². The Balaban J connectivity index is 1.72. The van der Waals surface area contributed by atoms with E-state index >= 15 is 0 Å². The normalized spacial score (nSPS) is 15.2. The molecule has 2 aromatic rings. The van der Waals surface area contributed by atoms with Crippen LogP contribution in [0.1, 0.15) is 41.6 Å². The van der Waals surface area contributed by atoms with Crippen molar-refractivity contribution in [3.8, 4) is 11.5 Å². The number of ketones is 1. The SMILES string of the molecule is COc1ccc(C(=O)COC(=O)C2(c3ccccc3)CCCC2)cc1OC. The molecule has 0 amide bonds. The minimum absolute atomic E-state index is 0.273. The van der Waals surface area contributed by atoms with Crippen LogP contribution in [0, 0.1) is 0 Å². The summed E-state index contributed by atoms with van der Waals surface area (Å²) in [4.78, 5) is 25.4. The maximum atomic E-state index is 12.9. The Labute approximate surface area is 159 Å². The lowest BCUT2D eigenvalue weighted by Gasteiger charge is -2.27. The molecule has 27 heavy (non-hydrogen) atoms. The van der Waals surface area contributed by atoms with Gasteiger partial charge in [-0.3, -0.25) is 9.59 Å². The lowest BCUT2D eigenvalue weighted by atomic mass is 9.79. The molecule has 0 heterocycles. The van der Waals surface area contributed by atoms with E-state index in [-0.39, 0.29) is 18.4 Å². The van der Waals surface area contributed by atoms with Crippen molar-refractivity contribution in [2.24, 2.45) is 0 Å². The second kappa shape index (κ2) is 8.25. The molecule has 0 saturated heterocycles. The Bertz CT molecular complexity index is 807. The van der Waals surface area contributed by atoms with Gasteiger partial charge in [-0.25, -0.2) is 0 Å². The van der Waals surface area contributed by atoms with Gasteiger partial charge in [-0.1, -0.05) is 43.2 Å². The minimum atomic E-state index is -0.640. The van der Waals surface area contributed by atoms with Crippen LogP contribution in [-0.4, -0.2) is 32.6 Å². The van der Waals surface area contributed by atoms with Crippen LogP contribution in [0.15, 0.2) is 48.5 Å². The number of hydrogen-bond acceptors (Lipinski definition) is 5. The van der Waals surface area contributed by atoms with Gasteiger partial charge in [-0.15, -0.1) is 0 Å². The summed E-state index contributed by atoms with van der Waals surface area (Å²) in [6.45, 7) is -0.289. The van der Waals surface area contributed by atoms with Crippen LogP contribution < -0.4 is 9.47 Å². The minimum Gasteiger partial charge on any atom is -0.493 e. The van der Waals surface area contributed by atoms with Gasteiger partial charge in [0, 0.05) is 5.56 Å². The fourth-order valence-electron chi connectivity index (χ4n) is 3.71. The molecule has 0 bridgehead atoms. The molecule has 5 heteroatoms. The molecular weight excluding hydrogens is 344 g/mol. The summed E-state index contributed by atoms with van der Waals surface area (Å²) in [7, 11) is 3.04. The third-order valence-electron chi connectivity index (χ3n) is 5.21. The fourth-order valence-corrected chi connectivity index (χ4v) is 3.71. The van der Waals surface area contributed by atoms with Gasteiger partial charge in [0.15, 0.2) is 23.9 Å². The fraction of sp³-hybridized carbons (Fsp3) is 0.364. The monoisotopic (exact) mass is 368 g/mol. The summed E-state index contributed by atoms with van der Waals surface area (Å²) in [5, 5.41) is 0. The predicted molar refractivity (Wildman–Crippen MR) is 101 cm³/mol. The predicted octanol–water partition coefficient (Wildman–Crippen LogP) is 3.94. The van der Waals surface area contributed by atoms with Crippen LogP contribution >= 0.6 is 0 Å². The van der Waals surface area contributed by atoms with Crippen LogP contribution in [0.3, 0.4) is 0 Å². The zero-order valence-corrected chi connectivity index (χ0v) is 15.7. The van der Waals surface area contributed by atoms with E-state index in [2.05, 4.69) is 0 Å². The Morgan fingerprint density at radius 2 is 1.59 bits per heavy atom. The third-order valence-corrected chi connectivity index (χ3v) is 5.21. The highest BCUT2D eigenvalue weighted by Gasteiger charge is 2.44. The molecule has 0 aliphatic heterocycles. The standard InChI is InChI=1S/C22H24O5/c1-25-19-11-10-16(14-20(19)26-2)18(23)15-27-21(24)22(12-6-7-13-22)17-8-4-3-5-9-17/h3-5,8-11,14H,6-7,12-13,15H2,1-2H3. The van der Waals surface area contributed by atoms with Gasteiger partial charge >= 0.3 is 5.97 Å². The van der Waals surface area contributed by atoms with E-state index in [1.165, 1.54) is 14.2 Å². The molecule has 0 spiro atoms. The van der Waals surface area contributed by atoms with Crippen LogP contribution in [0.4, 0.5) is 0 Å². The second-order valence-electron chi connectivity index (χ2n) is 6.72. The summed E-state index contributed by atoms with van der Waals surface area (Å²) in [6, 6.07) is 14.6. The molecule has 0 unspecified atom stereocenters. The van der Waals surface area contributed by atoms with E-state index in [1.807, 2.05) is 30.3 Å². The summed E-state index contributed by atoms with van der Waals surface area (Å²) in [5.41, 5.74) is 0.741. The van der Waals surface area contributed by atoms with Crippen LogP contribution in [-0.2, 0) is 14.9 Å². The molecule has 1 aliphatic rings. The number of benzene rings is 2. The molecule has 0 N–H and O–H groups in total. The van der Waals surface area contributed by atoms with E-state index in [0.717, 1.165) is 31.2 Å². The van der Waals surface area contributed by atoms with E-state index in [0.29, 0.717) is 17.1 Å². The molecular formula is C22H24O5. The summed E-state index contributed by atoms with van der Waals surface area (Å²) in [5.74, 6) is 0.414. The molecule has 1 fully saturated rings. The van der Waals surface area contributed by atoms with E-state index < -0.39 is 5.41 Å². The number of esters is 1. The Morgan fingerprint density at radius 1 is 0.926 bits per heavy atom. The number of rotatable bonds is 7. The van der Waals surface area contributed by atoms with Crippen molar-refractivity contribution in [1.29, 1.82) is 0 Å². The van der Waals surface area contributed by atoms with E-state index in [9.17, 15) is 9.59 Å². The average Bonchev–Trinajstić information content (AvgIpc) is 3.23. The first-order valence-electron chi connectivity index (χ1n) is 9.09. The number of Topliss-reactive ketones (excluding diaryl/α,β-unsaturated/α-hetero) is 1. The van der Waals surface area contributed by atoms with Gasteiger partial charge in [0.1, 0.15) is 0 Å². The molecule has 3 rings (SSSR count). The number of carbonyl (C=O) groups excluding carboxylic acids is 2. The first kappa shape index (κ1) is 19.0. The molecule has 1 saturated carbocycles. The molecule has 142 valence electrons. The Kier molecular flexibility index (Phi) is 5.79. The molecule has 5 nitrogen and oxygen atoms in total. The molecule has 0 radical (unpaired) electrons. The van der Waals surface area contributed by atoms with Crippen LogP contribution in [0.2, 0.25) is 0 Å². The van der Waals surface area contributed by atoms with Crippen LogP contribution in [0.5, 0.6) is 11.5 Å². The largest absolute Gasteiger partial charge is 0.493 e. The van der Waals surface area contributed by atoms with Gasteiger partial charge in [-0.2, -0.15) is 0 Å². The van der Waals surface area contributed by atoms with Crippen molar-refractivity contribution < 1.29 is 23.8 Å². The van der Waals surface area contributed by atoms with Gasteiger partial charge in [0.25, 0.3) is 0 Å². The van der Waals surface area contributed by atoms with Gasteiger partial charge in [0.05, 0.1) is 19.6 Å². The summed E-state index contributed by atoms with van der Waals surface area (Å²) in [6.07, 6.45) is 3.46. The third kappa shape index (κ3) is 3.82. The van der Waals surface area contributed by atoms with Gasteiger partial charge in [0.2, 0.25) is 0 Å². The molecule has 0 aromatic heterocycles. The Morgan fingerprint density at radius 3 is 2.22 bits per heavy atom. The number of carbonyl (C=O) groups is 2. The lowest BCUT2D eigenvalue weighted by molar-refractivity contribution is -0.149. The van der Waals surface area contributed by atoms with E-state index in [4.69, 9.17) is 14.2 Å². The van der Waals surface area contributed by atoms with Gasteiger partial charge in [-0.05, 0) is 36.6 Å². The van der Waals surface area contributed by atoms with E-state index in [1.54, 1.807) is 18.2 Å². The number of ether oxygens (including phenoxy) is 3. The topological polar surface area (TPSA) is 61.8 Å². The maximum absolute atomic E-state index is 12.9. The highest BCUT2D eigenvalue weighted by molar-refractivity contribution is 5.99. The van der Waals surface area contributed by atoms with Crippen molar-refractivity contribution in [3.63, 3.8) is 0 Å². The number of hydrogen-bond donors (Lipinski definition) is 0. The zero-order valence-electron chi connectivity index (χ0n) is 15.7. The molecule has 1 aliphatic carbocycles. The van der Waals surface area contributed by atoms with Crippen LogP contribution in [0.25, 0.3) is 0 Å². The smallest absolute Gasteiger partial charge is 0.317 e. The first-order chi connectivity index (χ1) is 13.1. The number of methoxy groups -OCH3 is 2.